The molecule has 2 nitrogen and oxygen atoms in total. The largest absolute Gasteiger partial charge is 0.494 e. The zero-order valence-corrected chi connectivity index (χ0v) is 34.4. The summed E-state index contributed by atoms with van der Waals surface area (Å²) < 4.78 is 12.4. The molecule has 2 aromatic rings. The van der Waals surface area contributed by atoms with Crippen molar-refractivity contribution in [3.05, 3.63) is 48.5 Å². The zero-order chi connectivity index (χ0) is 36.3. The number of unbranched alkanes of at least 4 members (excludes halogenated alkanes) is 14. The molecule has 0 N–H and O–H groups in total. The van der Waals surface area contributed by atoms with E-state index in [1.54, 1.807) is 0 Å². The molecule has 0 bridgehead atoms. The summed E-state index contributed by atoms with van der Waals surface area (Å²) in [7, 11) is 0. The highest BCUT2D eigenvalue weighted by Gasteiger charge is 2.25. The fraction of sp³-hybridized carbons (Fsp3) is 0.760. The molecule has 2 aliphatic rings. The van der Waals surface area contributed by atoms with Crippen LogP contribution in [0.2, 0.25) is 0 Å². The Bertz CT molecular complexity index is 1020. The van der Waals surface area contributed by atoms with Gasteiger partial charge in [-0.25, -0.2) is 0 Å². The normalized spacial score (nSPS) is 20.6. The minimum Gasteiger partial charge on any atom is -0.494 e. The van der Waals surface area contributed by atoms with E-state index in [-0.39, 0.29) is 0 Å². The van der Waals surface area contributed by atoms with Gasteiger partial charge in [-0.05, 0) is 84.7 Å². The average Bonchev–Trinajstić information content (AvgIpc) is 3.18. The quantitative estimate of drug-likeness (QED) is 0.0781. The molecule has 0 heterocycles. The molecular formula is C50H82O2. The van der Waals surface area contributed by atoms with Gasteiger partial charge in [0.2, 0.25) is 0 Å². The molecule has 0 saturated heterocycles. The molecule has 4 atom stereocenters. The fourth-order valence-corrected chi connectivity index (χ4v) is 9.73. The van der Waals surface area contributed by atoms with Crippen LogP contribution in [0.1, 0.15) is 206 Å². The number of hydrogen-bond donors (Lipinski definition) is 0. The molecule has 2 fully saturated rings. The third-order valence-electron chi connectivity index (χ3n) is 13.0. The van der Waals surface area contributed by atoms with E-state index in [0.717, 1.165) is 48.4 Å². The van der Waals surface area contributed by atoms with Crippen LogP contribution in [0.5, 0.6) is 11.5 Å². The monoisotopic (exact) mass is 715 g/mol. The van der Waals surface area contributed by atoms with Crippen LogP contribution in [0.3, 0.4) is 0 Å². The molecule has 52 heavy (non-hydrogen) atoms. The minimum absolute atomic E-state index is 0.840. The highest BCUT2D eigenvalue weighted by Crippen LogP contribution is 2.38. The van der Waals surface area contributed by atoms with Gasteiger partial charge >= 0.3 is 0 Å². The van der Waals surface area contributed by atoms with Crippen molar-refractivity contribution in [1.29, 1.82) is 0 Å². The van der Waals surface area contributed by atoms with Gasteiger partial charge in [0.1, 0.15) is 11.5 Å². The lowest BCUT2D eigenvalue weighted by molar-refractivity contribution is 0.190. The molecule has 0 aromatic heterocycles. The summed E-state index contributed by atoms with van der Waals surface area (Å²) in [5.41, 5.74) is 2.48. The molecule has 0 aliphatic heterocycles. The first-order valence-electron chi connectivity index (χ1n) is 23.2. The summed E-state index contributed by atoms with van der Waals surface area (Å²) in [5.74, 6) is 5.79. The summed E-state index contributed by atoms with van der Waals surface area (Å²) in [4.78, 5) is 0. The van der Waals surface area contributed by atoms with Crippen molar-refractivity contribution in [1.82, 2.24) is 0 Å². The first-order chi connectivity index (χ1) is 25.8. The zero-order valence-electron chi connectivity index (χ0n) is 34.4. The summed E-state index contributed by atoms with van der Waals surface area (Å²) in [6.45, 7) is 6.30. The van der Waals surface area contributed by atoms with E-state index in [0.29, 0.717) is 0 Å². The molecule has 0 radical (unpaired) electrons. The first kappa shape index (κ1) is 42.8. The number of rotatable bonds is 29. The van der Waals surface area contributed by atoms with E-state index in [1.807, 2.05) is 0 Å². The Balaban J connectivity index is 1.06. The molecule has 294 valence electrons. The van der Waals surface area contributed by atoms with Gasteiger partial charge in [0, 0.05) is 0 Å². The molecule has 2 saturated carbocycles. The Morgan fingerprint density at radius 3 is 0.981 bits per heavy atom. The molecule has 2 aromatic carbocycles. The standard InChI is InChI=1S/C50H82O2/c1-3-5-7-9-11-13-15-17-25-43-27-19-21-29-45(43)31-23-41-51-49-37-33-47(34-38-49)48-35-39-50(40-36-48)52-42-24-32-46-30-22-20-28-44(46)26-18-16-14-12-10-8-6-4-2/h33-40,43-46H,3-32,41-42H2,1-2H3. The summed E-state index contributed by atoms with van der Waals surface area (Å²) in [6, 6.07) is 17.4. The topological polar surface area (TPSA) is 18.5 Å². The van der Waals surface area contributed by atoms with Crippen molar-refractivity contribution in [2.45, 2.75) is 206 Å². The van der Waals surface area contributed by atoms with Crippen LogP contribution < -0.4 is 9.47 Å². The minimum atomic E-state index is 0.840. The smallest absolute Gasteiger partial charge is 0.119 e. The second kappa shape index (κ2) is 27.6. The van der Waals surface area contributed by atoms with Gasteiger partial charge in [-0.15, -0.1) is 0 Å². The Labute approximate surface area is 323 Å². The van der Waals surface area contributed by atoms with Crippen molar-refractivity contribution in [2.75, 3.05) is 13.2 Å². The molecule has 4 rings (SSSR count). The summed E-state index contributed by atoms with van der Waals surface area (Å²) >= 11 is 0. The van der Waals surface area contributed by atoms with E-state index >= 15 is 0 Å². The van der Waals surface area contributed by atoms with E-state index in [4.69, 9.17) is 9.47 Å². The number of hydrogen-bond acceptors (Lipinski definition) is 2. The van der Waals surface area contributed by atoms with Gasteiger partial charge in [0.15, 0.2) is 0 Å². The van der Waals surface area contributed by atoms with Crippen molar-refractivity contribution >= 4 is 0 Å². The summed E-state index contributed by atoms with van der Waals surface area (Å²) in [5, 5.41) is 0. The fourth-order valence-electron chi connectivity index (χ4n) is 9.73. The second-order valence-electron chi connectivity index (χ2n) is 17.2. The van der Waals surface area contributed by atoms with E-state index in [2.05, 4.69) is 62.4 Å². The van der Waals surface area contributed by atoms with Gasteiger partial charge in [-0.1, -0.05) is 205 Å². The maximum atomic E-state index is 6.22. The number of ether oxygens (including phenoxy) is 2. The lowest BCUT2D eigenvalue weighted by atomic mass is 9.74. The lowest BCUT2D eigenvalue weighted by Crippen LogP contribution is -2.20. The van der Waals surface area contributed by atoms with E-state index in [1.165, 1.54) is 204 Å². The van der Waals surface area contributed by atoms with Crippen molar-refractivity contribution in [3.63, 3.8) is 0 Å². The number of benzene rings is 2. The van der Waals surface area contributed by atoms with Crippen LogP contribution in [0.25, 0.3) is 11.1 Å². The molecule has 0 amide bonds. The molecular weight excluding hydrogens is 633 g/mol. The summed E-state index contributed by atoms with van der Waals surface area (Å²) in [6.07, 6.45) is 42.5. The average molecular weight is 715 g/mol. The highest BCUT2D eigenvalue weighted by molar-refractivity contribution is 5.64. The third-order valence-corrected chi connectivity index (χ3v) is 13.0. The first-order valence-corrected chi connectivity index (χ1v) is 23.2. The third kappa shape index (κ3) is 17.5. The SMILES string of the molecule is CCCCCCCCCCC1CCCCC1CCCOc1ccc(-c2ccc(OCCCC3CCCCC3CCCCCCCCCC)cc2)cc1. The maximum absolute atomic E-state index is 6.22. The van der Waals surface area contributed by atoms with Crippen molar-refractivity contribution in [2.24, 2.45) is 23.7 Å². The molecule has 4 unspecified atom stereocenters. The highest BCUT2D eigenvalue weighted by atomic mass is 16.5. The molecule has 0 spiro atoms. The van der Waals surface area contributed by atoms with Gasteiger partial charge in [0.25, 0.3) is 0 Å². The van der Waals surface area contributed by atoms with Crippen LogP contribution in [0.4, 0.5) is 0 Å². The van der Waals surface area contributed by atoms with E-state index < -0.39 is 0 Å². The van der Waals surface area contributed by atoms with Crippen LogP contribution in [0, 0.1) is 23.7 Å². The predicted octanol–water partition coefficient (Wildman–Crippen LogP) is 16.3. The Kier molecular flexibility index (Phi) is 22.7. The van der Waals surface area contributed by atoms with Crippen LogP contribution in [-0.2, 0) is 0 Å². The van der Waals surface area contributed by atoms with Gasteiger partial charge in [-0.2, -0.15) is 0 Å². The van der Waals surface area contributed by atoms with Crippen LogP contribution in [0.15, 0.2) is 48.5 Å². The van der Waals surface area contributed by atoms with E-state index in [9.17, 15) is 0 Å². The Hall–Kier alpha value is -1.96. The Morgan fingerprint density at radius 1 is 0.365 bits per heavy atom. The van der Waals surface area contributed by atoms with Gasteiger partial charge in [0.05, 0.1) is 13.2 Å². The van der Waals surface area contributed by atoms with Crippen molar-refractivity contribution < 1.29 is 9.47 Å². The molecule has 2 aliphatic carbocycles. The maximum Gasteiger partial charge on any atom is 0.119 e. The molecule has 2 heteroatoms. The predicted molar refractivity (Wildman–Crippen MR) is 227 cm³/mol. The Morgan fingerprint density at radius 2 is 0.654 bits per heavy atom. The lowest BCUT2D eigenvalue weighted by Gasteiger charge is -2.32. The second-order valence-corrected chi connectivity index (χ2v) is 17.2. The van der Waals surface area contributed by atoms with Crippen LogP contribution >= 0.6 is 0 Å². The van der Waals surface area contributed by atoms with Gasteiger partial charge < -0.3 is 9.47 Å². The van der Waals surface area contributed by atoms with Gasteiger partial charge in [-0.3, -0.25) is 0 Å². The van der Waals surface area contributed by atoms with Crippen LogP contribution in [-0.4, -0.2) is 13.2 Å². The van der Waals surface area contributed by atoms with Crippen molar-refractivity contribution in [3.8, 4) is 22.6 Å².